The molecule has 3 atom stereocenters. The summed E-state index contributed by atoms with van der Waals surface area (Å²) >= 11 is 1.71. The van der Waals surface area contributed by atoms with Crippen LogP contribution in [0.25, 0.3) is 0 Å². The second-order valence-electron chi connectivity index (χ2n) is 7.68. The van der Waals surface area contributed by atoms with Gasteiger partial charge in [0.05, 0.1) is 12.2 Å². The van der Waals surface area contributed by atoms with Crippen LogP contribution in [0.15, 0.2) is 60.7 Å². The molecular weight excluding hydrogens is 378 g/mol. The SMILES string of the molecule is CC(C)(C)NCC(O)CSC(CC(O)c1ccccc1)c1ccccc1.Cl. The Labute approximate surface area is 174 Å². The molecule has 3 unspecified atom stereocenters. The summed E-state index contributed by atoms with van der Waals surface area (Å²) in [6.45, 7) is 6.85. The van der Waals surface area contributed by atoms with E-state index in [2.05, 4.69) is 38.2 Å². The zero-order valence-corrected chi connectivity index (χ0v) is 18.0. The van der Waals surface area contributed by atoms with Gasteiger partial charge in [-0.1, -0.05) is 60.7 Å². The van der Waals surface area contributed by atoms with E-state index < -0.39 is 12.2 Å². The fraction of sp³-hybridized carbons (Fsp3) is 0.455. The maximum absolute atomic E-state index is 10.6. The summed E-state index contributed by atoms with van der Waals surface area (Å²) in [7, 11) is 0. The molecule has 5 heteroatoms. The lowest BCUT2D eigenvalue weighted by Gasteiger charge is -2.25. The average Bonchev–Trinajstić information content (AvgIpc) is 2.64. The Hall–Kier alpha value is -1.04. The summed E-state index contributed by atoms with van der Waals surface area (Å²) in [6, 6.07) is 20.0. The number of rotatable bonds is 9. The number of aliphatic hydroxyl groups is 2. The molecule has 0 aliphatic heterocycles. The molecule has 0 amide bonds. The van der Waals surface area contributed by atoms with Crippen LogP contribution in [-0.4, -0.2) is 34.2 Å². The summed E-state index contributed by atoms with van der Waals surface area (Å²) in [4.78, 5) is 0. The Morgan fingerprint density at radius 2 is 1.41 bits per heavy atom. The van der Waals surface area contributed by atoms with Gasteiger partial charge >= 0.3 is 0 Å². The third-order valence-electron chi connectivity index (χ3n) is 4.15. The highest BCUT2D eigenvalue weighted by Crippen LogP contribution is 2.37. The van der Waals surface area contributed by atoms with Gasteiger partial charge in [0.2, 0.25) is 0 Å². The van der Waals surface area contributed by atoms with E-state index in [0.29, 0.717) is 18.7 Å². The Morgan fingerprint density at radius 3 is 1.93 bits per heavy atom. The van der Waals surface area contributed by atoms with E-state index in [1.807, 2.05) is 48.5 Å². The van der Waals surface area contributed by atoms with Gasteiger partial charge in [0.1, 0.15) is 0 Å². The van der Waals surface area contributed by atoms with Crippen LogP contribution in [0.5, 0.6) is 0 Å². The molecule has 27 heavy (non-hydrogen) atoms. The zero-order valence-electron chi connectivity index (χ0n) is 16.3. The molecule has 3 N–H and O–H groups in total. The van der Waals surface area contributed by atoms with Gasteiger partial charge in [0.15, 0.2) is 0 Å². The second-order valence-corrected chi connectivity index (χ2v) is 8.92. The molecule has 0 aromatic heterocycles. The lowest BCUT2D eigenvalue weighted by Crippen LogP contribution is -2.41. The van der Waals surface area contributed by atoms with Gasteiger partial charge in [-0.05, 0) is 38.3 Å². The van der Waals surface area contributed by atoms with Crippen molar-refractivity contribution in [1.82, 2.24) is 5.32 Å². The smallest absolute Gasteiger partial charge is 0.0803 e. The second kappa shape index (κ2) is 11.7. The van der Waals surface area contributed by atoms with E-state index in [4.69, 9.17) is 0 Å². The predicted octanol–water partition coefficient (Wildman–Crippen LogP) is 4.76. The van der Waals surface area contributed by atoms with Gasteiger partial charge in [0.25, 0.3) is 0 Å². The normalized spacial score (nSPS) is 14.9. The van der Waals surface area contributed by atoms with Crippen molar-refractivity contribution in [3.8, 4) is 0 Å². The highest BCUT2D eigenvalue weighted by atomic mass is 35.5. The topological polar surface area (TPSA) is 52.5 Å². The van der Waals surface area contributed by atoms with E-state index in [9.17, 15) is 10.2 Å². The van der Waals surface area contributed by atoms with E-state index >= 15 is 0 Å². The molecule has 0 spiro atoms. The van der Waals surface area contributed by atoms with Crippen molar-refractivity contribution in [2.45, 2.75) is 50.2 Å². The molecule has 0 radical (unpaired) electrons. The molecule has 3 nitrogen and oxygen atoms in total. The quantitative estimate of drug-likeness (QED) is 0.559. The molecule has 0 saturated carbocycles. The van der Waals surface area contributed by atoms with Gasteiger partial charge in [-0.3, -0.25) is 0 Å². The van der Waals surface area contributed by atoms with E-state index in [1.165, 1.54) is 5.56 Å². The highest BCUT2D eigenvalue weighted by Gasteiger charge is 2.20. The molecule has 0 aliphatic carbocycles. The minimum absolute atomic E-state index is 0. The fourth-order valence-electron chi connectivity index (χ4n) is 2.69. The van der Waals surface area contributed by atoms with Gasteiger partial charge in [-0.15, -0.1) is 12.4 Å². The molecule has 0 aliphatic rings. The van der Waals surface area contributed by atoms with Crippen LogP contribution in [0.1, 0.15) is 49.7 Å². The molecule has 0 bridgehead atoms. The maximum atomic E-state index is 10.6. The molecular formula is C22H32ClNO2S. The maximum Gasteiger partial charge on any atom is 0.0803 e. The number of nitrogens with one attached hydrogen (secondary N) is 1. The highest BCUT2D eigenvalue weighted by molar-refractivity contribution is 7.99. The number of aliphatic hydroxyl groups excluding tert-OH is 2. The number of hydrogen-bond acceptors (Lipinski definition) is 4. The van der Waals surface area contributed by atoms with Crippen LogP contribution in [0.4, 0.5) is 0 Å². The van der Waals surface area contributed by atoms with Crippen LogP contribution < -0.4 is 5.32 Å². The molecule has 2 aromatic rings. The first-order valence-corrected chi connectivity index (χ1v) is 10.2. The summed E-state index contributed by atoms with van der Waals surface area (Å²) in [5.74, 6) is 0.629. The Balaban J connectivity index is 0.00000364. The van der Waals surface area contributed by atoms with Crippen molar-refractivity contribution in [2.75, 3.05) is 12.3 Å². The minimum atomic E-state index is -0.515. The number of β-amino-alcohol motifs (C(OH)–C–C–N with tert-alkyl or cyclic N) is 1. The zero-order chi connectivity index (χ0) is 19.0. The van der Waals surface area contributed by atoms with Crippen LogP contribution in [-0.2, 0) is 0 Å². The summed E-state index contributed by atoms with van der Waals surface area (Å²) in [5, 5.41) is 24.4. The van der Waals surface area contributed by atoms with Crippen molar-refractivity contribution in [1.29, 1.82) is 0 Å². The molecule has 0 heterocycles. The summed E-state index contributed by atoms with van der Waals surface area (Å²) in [6.07, 6.45) is -0.309. The number of hydrogen-bond donors (Lipinski definition) is 3. The van der Waals surface area contributed by atoms with E-state index in [-0.39, 0.29) is 23.2 Å². The van der Waals surface area contributed by atoms with Crippen molar-refractivity contribution in [3.05, 3.63) is 71.8 Å². The third kappa shape index (κ3) is 9.13. The van der Waals surface area contributed by atoms with Gasteiger partial charge in [-0.2, -0.15) is 11.8 Å². The first-order chi connectivity index (χ1) is 12.3. The standard InChI is InChI=1S/C22H31NO2S.ClH/c1-22(2,3)23-15-19(24)16-26-21(18-12-8-5-9-13-18)14-20(25)17-10-6-4-7-11-17;/h4-13,19-21,23-25H,14-16H2,1-3H3;1H. The first-order valence-electron chi connectivity index (χ1n) is 9.18. The number of halogens is 1. The minimum Gasteiger partial charge on any atom is -0.391 e. The Morgan fingerprint density at radius 1 is 0.889 bits per heavy atom. The Kier molecular flexibility index (Phi) is 10.4. The number of benzene rings is 2. The summed E-state index contributed by atoms with van der Waals surface area (Å²) in [5.41, 5.74) is 2.11. The molecule has 0 saturated heterocycles. The average molecular weight is 410 g/mol. The molecule has 2 rings (SSSR count). The van der Waals surface area contributed by atoms with Crippen LogP contribution in [0, 0.1) is 0 Å². The van der Waals surface area contributed by atoms with Gasteiger partial charge in [-0.25, -0.2) is 0 Å². The third-order valence-corrected chi connectivity index (χ3v) is 5.60. The molecule has 2 aromatic carbocycles. The van der Waals surface area contributed by atoms with E-state index in [0.717, 1.165) is 5.56 Å². The van der Waals surface area contributed by atoms with Crippen LogP contribution in [0.3, 0.4) is 0 Å². The Bertz CT molecular complexity index is 634. The molecule has 0 fully saturated rings. The largest absolute Gasteiger partial charge is 0.391 e. The van der Waals surface area contributed by atoms with Crippen molar-refractivity contribution in [3.63, 3.8) is 0 Å². The van der Waals surface area contributed by atoms with Crippen molar-refractivity contribution >= 4 is 24.2 Å². The predicted molar refractivity (Wildman–Crippen MR) is 119 cm³/mol. The lowest BCUT2D eigenvalue weighted by atomic mass is 10.0. The van der Waals surface area contributed by atoms with Gasteiger partial charge in [0, 0.05) is 23.1 Å². The van der Waals surface area contributed by atoms with Crippen LogP contribution >= 0.6 is 24.2 Å². The number of thioether (sulfide) groups is 1. The fourth-order valence-corrected chi connectivity index (χ4v) is 3.93. The monoisotopic (exact) mass is 409 g/mol. The first kappa shape index (κ1) is 24.0. The summed E-state index contributed by atoms with van der Waals surface area (Å²) < 4.78 is 0. The van der Waals surface area contributed by atoms with Gasteiger partial charge < -0.3 is 15.5 Å². The van der Waals surface area contributed by atoms with E-state index in [1.54, 1.807) is 11.8 Å². The molecule has 150 valence electrons. The van der Waals surface area contributed by atoms with Crippen molar-refractivity contribution < 1.29 is 10.2 Å². The van der Waals surface area contributed by atoms with Crippen molar-refractivity contribution in [2.24, 2.45) is 0 Å². The lowest BCUT2D eigenvalue weighted by molar-refractivity contribution is 0.166. The van der Waals surface area contributed by atoms with Crippen LogP contribution in [0.2, 0.25) is 0 Å².